The maximum Gasteiger partial charge on any atom is 0.233 e. The van der Waals surface area contributed by atoms with Gasteiger partial charge in [-0.05, 0) is 18.4 Å². The molecule has 3 aliphatic rings. The third-order valence-corrected chi connectivity index (χ3v) is 6.54. The molecule has 0 bridgehead atoms. The van der Waals surface area contributed by atoms with E-state index in [0.29, 0.717) is 18.4 Å². The smallest absolute Gasteiger partial charge is 0.233 e. The molecule has 1 saturated heterocycles. The molecular formula is C21H27N5O. The monoisotopic (exact) mass is 365 g/mol. The minimum absolute atomic E-state index is 0.303. The molecule has 0 radical (unpaired) electrons. The molecule has 1 amide bonds. The Morgan fingerprint density at radius 2 is 1.85 bits per heavy atom. The lowest BCUT2D eigenvalue weighted by molar-refractivity contribution is -0.138. The highest BCUT2D eigenvalue weighted by Crippen LogP contribution is 2.43. The van der Waals surface area contributed by atoms with Crippen molar-refractivity contribution in [2.75, 3.05) is 19.6 Å². The Hall–Kier alpha value is -2.18. The van der Waals surface area contributed by atoms with Crippen molar-refractivity contribution in [3.63, 3.8) is 0 Å². The maximum atomic E-state index is 13.7. The van der Waals surface area contributed by atoms with Gasteiger partial charge in [-0.25, -0.2) is 4.98 Å². The number of nitrogens with zero attached hydrogens (tertiary/aromatic N) is 2. The quantitative estimate of drug-likeness (QED) is 0.778. The molecule has 5 rings (SSSR count). The molecule has 27 heavy (non-hydrogen) atoms. The Bertz CT molecular complexity index is 818. The number of H-pyrrole nitrogens is 1. The van der Waals surface area contributed by atoms with E-state index in [9.17, 15) is 4.79 Å². The average molecular weight is 365 g/mol. The van der Waals surface area contributed by atoms with Crippen LogP contribution in [0.2, 0.25) is 0 Å². The molecule has 2 aliphatic heterocycles. The lowest BCUT2D eigenvalue weighted by Crippen LogP contribution is -2.47. The van der Waals surface area contributed by atoms with Crippen LogP contribution in [0, 0.1) is 0 Å². The number of rotatable bonds is 3. The number of nitrogens with one attached hydrogen (secondary N) is 3. The predicted molar refractivity (Wildman–Crippen MR) is 103 cm³/mol. The van der Waals surface area contributed by atoms with E-state index in [1.54, 1.807) is 0 Å². The first-order valence-electron chi connectivity index (χ1n) is 10.1. The zero-order valence-corrected chi connectivity index (χ0v) is 15.6. The van der Waals surface area contributed by atoms with E-state index >= 15 is 0 Å². The summed E-state index contributed by atoms with van der Waals surface area (Å²) in [5.74, 6) is 1.73. The SMILES string of the molecule is O=C(N1CCc2nc(C3CNNC3)[nH]c2C1)C1(c2ccccc2)CCCC1. The van der Waals surface area contributed by atoms with E-state index in [1.807, 2.05) is 6.07 Å². The molecule has 0 unspecified atom stereocenters. The zero-order chi connectivity index (χ0) is 18.3. The maximum absolute atomic E-state index is 13.7. The second-order valence-electron chi connectivity index (χ2n) is 8.14. The summed E-state index contributed by atoms with van der Waals surface area (Å²) in [5.41, 5.74) is 9.44. The largest absolute Gasteiger partial charge is 0.344 e. The number of benzene rings is 1. The van der Waals surface area contributed by atoms with Crippen LogP contribution in [0.25, 0.3) is 0 Å². The number of amides is 1. The number of carbonyl (C=O) groups is 1. The number of aromatic amines is 1. The van der Waals surface area contributed by atoms with Gasteiger partial charge in [0.25, 0.3) is 0 Å². The van der Waals surface area contributed by atoms with Gasteiger partial charge in [-0.2, -0.15) is 0 Å². The number of carbonyl (C=O) groups excluding carboxylic acids is 1. The molecule has 142 valence electrons. The molecule has 6 nitrogen and oxygen atoms in total. The summed E-state index contributed by atoms with van der Waals surface area (Å²) in [4.78, 5) is 24.1. The van der Waals surface area contributed by atoms with Gasteiger partial charge in [-0.1, -0.05) is 43.2 Å². The molecular weight excluding hydrogens is 338 g/mol. The minimum Gasteiger partial charge on any atom is -0.344 e. The van der Waals surface area contributed by atoms with Gasteiger partial charge in [0.05, 0.1) is 23.3 Å². The van der Waals surface area contributed by atoms with Gasteiger partial charge >= 0.3 is 0 Å². The van der Waals surface area contributed by atoms with Crippen molar-refractivity contribution in [2.24, 2.45) is 0 Å². The first kappa shape index (κ1) is 17.0. The minimum atomic E-state index is -0.332. The number of aromatic nitrogens is 2. The van der Waals surface area contributed by atoms with Gasteiger partial charge in [-0.3, -0.25) is 15.6 Å². The van der Waals surface area contributed by atoms with Gasteiger partial charge in [0, 0.05) is 32.0 Å². The Balaban J connectivity index is 1.40. The molecule has 6 heteroatoms. The number of fused-ring (bicyclic) bond motifs is 1. The van der Waals surface area contributed by atoms with Crippen LogP contribution in [0.5, 0.6) is 0 Å². The summed E-state index contributed by atoms with van der Waals surface area (Å²) in [7, 11) is 0. The van der Waals surface area contributed by atoms with E-state index in [2.05, 4.69) is 45.0 Å². The normalized spacial score (nSPS) is 22.1. The van der Waals surface area contributed by atoms with Crippen LogP contribution in [0.4, 0.5) is 0 Å². The van der Waals surface area contributed by atoms with Crippen molar-refractivity contribution in [2.45, 2.75) is 50.0 Å². The Labute approximate surface area is 159 Å². The lowest BCUT2D eigenvalue weighted by atomic mass is 9.77. The van der Waals surface area contributed by atoms with Crippen LogP contribution in [0.3, 0.4) is 0 Å². The molecule has 3 N–H and O–H groups in total. The topological polar surface area (TPSA) is 73.1 Å². The standard InChI is InChI=1S/C21H27N5O/c27-20(21(9-4-5-10-21)16-6-2-1-3-7-16)26-11-8-17-18(14-26)25-19(24-17)15-12-22-23-13-15/h1-3,6-7,15,22-23H,4-5,8-14H2,(H,24,25). The van der Waals surface area contributed by atoms with Crippen molar-refractivity contribution in [3.8, 4) is 0 Å². The molecule has 1 saturated carbocycles. The second-order valence-corrected chi connectivity index (χ2v) is 8.14. The summed E-state index contributed by atoms with van der Waals surface area (Å²) in [6, 6.07) is 10.4. The van der Waals surface area contributed by atoms with E-state index < -0.39 is 0 Å². The van der Waals surface area contributed by atoms with Gasteiger partial charge in [0.1, 0.15) is 5.82 Å². The van der Waals surface area contributed by atoms with Crippen LogP contribution in [0.15, 0.2) is 30.3 Å². The molecule has 2 aromatic rings. The first-order valence-corrected chi connectivity index (χ1v) is 10.1. The van der Waals surface area contributed by atoms with E-state index in [-0.39, 0.29) is 5.41 Å². The number of hydrazine groups is 1. The van der Waals surface area contributed by atoms with Crippen molar-refractivity contribution in [1.82, 2.24) is 25.7 Å². The third kappa shape index (κ3) is 2.87. The van der Waals surface area contributed by atoms with Crippen molar-refractivity contribution in [3.05, 3.63) is 53.1 Å². The molecule has 1 aromatic carbocycles. The summed E-state index contributed by atoms with van der Waals surface area (Å²) in [5, 5.41) is 0. The van der Waals surface area contributed by atoms with Crippen LogP contribution in [-0.4, -0.2) is 40.4 Å². The van der Waals surface area contributed by atoms with Gasteiger partial charge in [-0.15, -0.1) is 0 Å². The van der Waals surface area contributed by atoms with E-state index in [0.717, 1.165) is 69.0 Å². The van der Waals surface area contributed by atoms with E-state index in [1.165, 1.54) is 5.56 Å². The van der Waals surface area contributed by atoms with Crippen molar-refractivity contribution >= 4 is 5.91 Å². The molecule has 3 heterocycles. The fourth-order valence-electron chi connectivity index (χ4n) is 5.00. The summed E-state index contributed by atoms with van der Waals surface area (Å²) in [6.07, 6.45) is 5.04. The van der Waals surface area contributed by atoms with E-state index in [4.69, 9.17) is 4.98 Å². The predicted octanol–water partition coefficient (Wildman–Crippen LogP) is 2.00. The van der Waals surface area contributed by atoms with Crippen LogP contribution in [-0.2, 0) is 23.2 Å². The Kier molecular flexibility index (Phi) is 4.25. The number of imidazole rings is 1. The third-order valence-electron chi connectivity index (χ3n) is 6.54. The first-order chi connectivity index (χ1) is 13.3. The summed E-state index contributed by atoms with van der Waals surface area (Å²) >= 11 is 0. The summed E-state index contributed by atoms with van der Waals surface area (Å²) in [6.45, 7) is 3.22. The number of hydrogen-bond acceptors (Lipinski definition) is 4. The van der Waals surface area contributed by atoms with Crippen molar-refractivity contribution in [1.29, 1.82) is 0 Å². The van der Waals surface area contributed by atoms with Gasteiger partial charge in [0.2, 0.25) is 5.91 Å². The van der Waals surface area contributed by atoms with Gasteiger partial charge in [0.15, 0.2) is 0 Å². The van der Waals surface area contributed by atoms with Crippen LogP contribution < -0.4 is 10.9 Å². The van der Waals surface area contributed by atoms with Crippen LogP contribution in [0.1, 0.15) is 54.4 Å². The van der Waals surface area contributed by atoms with Crippen molar-refractivity contribution < 1.29 is 4.79 Å². The number of hydrogen-bond donors (Lipinski definition) is 3. The fourth-order valence-corrected chi connectivity index (χ4v) is 5.00. The highest BCUT2D eigenvalue weighted by atomic mass is 16.2. The molecule has 2 fully saturated rings. The average Bonchev–Trinajstić information content (AvgIpc) is 3.48. The molecule has 0 atom stereocenters. The second kappa shape index (κ2) is 6.77. The molecule has 1 aliphatic carbocycles. The zero-order valence-electron chi connectivity index (χ0n) is 15.6. The molecule has 0 spiro atoms. The highest BCUT2D eigenvalue weighted by Gasteiger charge is 2.45. The fraction of sp³-hybridized carbons (Fsp3) is 0.524. The lowest BCUT2D eigenvalue weighted by Gasteiger charge is -2.36. The van der Waals surface area contributed by atoms with Crippen LogP contribution >= 0.6 is 0 Å². The summed E-state index contributed by atoms with van der Waals surface area (Å²) < 4.78 is 0. The highest BCUT2D eigenvalue weighted by molar-refractivity contribution is 5.88. The van der Waals surface area contributed by atoms with Gasteiger partial charge < -0.3 is 9.88 Å². The Morgan fingerprint density at radius 1 is 1.11 bits per heavy atom. The Morgan fingerprint density at radius 3 is 2.59 bits per heavy atom. The molecule has 1 aromatic heterocycles.